The third-order valence-electron chi connectivity index (χ3n) is 14.6. The first-order valence-electron chi connectivity index (χ1n) is 17.9. The molecule has 8 nitrogen and oxygen atoms in total. The average molecular weight is 628 g/mol. The van der Waals surface area contributed by atoms with Crippen LogP contribution in [0.25, 0.3) is 0 Å². The number of carbonyl (C=O) groups excluding carboxylic acids is 4. The van der Waals surface area contributed by atoms with Gasteiger partial charge in [0.15, 0.2) is 0 Å². The first-order valence-corrected chi connectivity index (χ1v) is 17.9. The van der Waals surface area contributed by atoms with E-state index in [-0.39, 0.29) is 82.2 Å². The van der Waals surface area contributed by atoms with Gasteiger partial charge in [-0.05, 0) is 124 Å². The zero-order valence-corrected chi connectivity index (χ0v) is 28.0. The van der Waals surface area contributed by atoms with Gasteiger partial charge in [-0.15, -0.1) is 0 Å². The largest absolute Gasteiger partial charge is 0.464 e. The quantitative estimate of drug-likeness (QED) is 0.143. The van der Waals surface area contributed by atoms with Crippen LogP contribution in [-0.4, -0.2) is 48.8 Å². The smallest absolute Gasteiger partial charge is 0.306 e. The molecule has 6 rings (SSSR count). The fourth-order valence-corrected chi connectivity index (χ4v) is 12.4. The Morgan fingerprint density at radius 3 is 2.40 bits per heavy atom. The topological polar surface area (TPSA) is 105 Å². The zero-order chi connectivity index (χ0) is 32.1. The molecule has 0 aromatic heterocycles. The number of rotatable bonds is 11. The first kappa shape index (κ1) is 32.8. The van der Waals surface area contributed by atoms with E-state index in [0.29, 0.717) is 37.6 Å². The Hall–Kier alpha value is -2.12. The third kappa shape index (κ3) is 5.52. The molecule has 45 heavy (non-hydrogen) atoms. The van der Waals surface area contributed by atoms with Crippen molar-refractivity contribution in [3.8, 4) is 0 Å². The molecular formula is C37H55O8. The maximum absolute atomic E-state index is 13.3. The molecule has 3 unspecified atom stereocenters. The summed E-state index contributed by atoms with van der Waals surface area (Å²) in [5.74, 6) is 2.16. The number of hydrogen-bond acceptors (Lipinski definition) is 8. The van der Waals surface area contributed by atoms with Crippen molar-refractivity contribution >= 4 is 24.9 Å². The average Bonchev–Trinajstić information content (AvgIpc) is 3.71. The number of esters is 2. The molecule has 0 aliphatic heterocycles. The number of hydrogen-bond donors (Lipinski definition) is 0. The van der Waals surface area contributed by atoms with Crippen LogP contribution in [0.1, 0.15) is 118 Å². The molecule has 2 bridgehead atoms. The molecule has 14 atom stereocenters. The Labute approximate surface area is 269 Å². The van der Waals surface area contributed by atoms with Gasteiger partial charge >= 0.3 is 11.9 Å². The summed E-state index contributed by atoms with van der Waals surface area (Å²) >= 11 is 0. The summed E-state index contributed by atoms with van der Waals surface area (Å²) < 4.78 is 23.8. The van der Waals surface area contributed by atoms with E-state index in [9.17, 15) is 19.2 Å². The van der Waals surface area contributed by atoms with Crippen molar-refractivity contribution in [2.24, 2.45) is 58.2 Å². The predicted octanol–water partition coefficient (Wildman–Crippen LogP) is 6.62. The lowest BCUT2D eigenvalue weighted by Crippen LogP contribution is -2.63. The summed E-state index contributed by atoms with van der Waals surface area (Å²) in [5.41, 5.74) is -0.621. The summed E-state index contributed by atoms with van der Waals surface area (Å²) in [6.45, 7) is 11.7. The van der Waals surface area contributed by atoms with Crippen molar-refractivity contribution < 1.29 is 38.1 Å². The second-order valence-corrected chi connectivity index (χ2v) is 16.3. The molecular weight excluding hydrogens is 572 g/mol. The number of ether oxygens (including phenoxy) is 4. The predicted molar refractivity (Wildman–Crippen MR) is 166 cm³/mol. The zero-order valence-electron chi connectivity index (χ0n) is 28.0. The van der Waals surface area contributed by atoms with Gasteiger partial charge < -0.3 is 18.9 Å². The minimum absolute atomic E-state index is 0.0627. The lowest BCUT2D eigenvalue weighted by molar-refractivity contribution is -0.215. The fraction of sp³-hybridized carbons (Fsp3) is 0.865. The number of fused-ring (bicyclic) bond motifs is 7. The number of carbonyl (C=O) groups is 4. The molecule has 0 spiro atoms. The van der Waals surface area contributed by atoms with Crippen LogP contribution < -0.4 is 0 Å². The molecule has 6 aliphatic rings. The standard InChI is InChI=1S/C37H55O8/c1-6-37(19-24-8-9-25(37)15-24)45-33(41)12-7-22(2)28-10-11-29-34-30(18-32(36(28,29)5)44-23(3)40)35(4)14-13-27(42-20-38)16-26(35)17-31(34)43-21-39/h16,20-22,24-32,34H,6-15,17-19H2,1-5H3/t22?,24-,25+,26?,27+,28?,29-,30-,31+,32-,34-,35-,36+,37-/m0/s1. The molecule has 6 saturated carbocycles. The van der Waals surface area contributed by atoms with Crippen molar-refractivity contribution in [1.82, 2.24) is 0 Å². The summed E-state index contributed by atoms with van der Waals surface area (Å²) in [7, 11) is 0. The molecule has 8 heteroatoms. The summed E-state index contributed by atoms with van der Waals surface area (Å²) in [6, 6.07) is 0. The van der Waals surface area contributed by atoms with Crippen molar-refractivity contribution in [2.75, 3.05) is 0 Å². The highest BCUT2D eigenvalue weighted by atomic mass is 16.6. The van der Waals surface area contributed by atoms with Gasteiger partial charge in [0.05, 0.1) is 0 Å². The van der Waals surface area contributed by atoms with Gasteiger partial charge in [0, 0.05) is 31.1 Å². The maximum atomic E-state index is 13.3. The molecule has 6 fully saturated rings. The molecule has 0 aromatic carbocycles. The first-order chi connectivity index (χ1) is 21.5. The lowest BCUT2D eigenvalue weighted by Gasteiger charge is -2.64. The SMILES string of the molecule is CC[C@]1(OC(=O)CCC(C)C2CC[C@H]3[C@@H]4[C@H](OC=O)CC5[CH][C@H](OC=O)CC[C@]5(C)[C@H]4C[C@H](OC(C)=O)[C@]23C)C[C@H]2CC[C@@H]1C2. The summed E-state index contributed by atoms with van der Waals surface area (Å²) in [4.78, 5) is 48.9. The Balaban J connectivity index is 1.21. The molecule has 0 heterocycles. The van der Waals surface area contributed by atoms with Crippen LogP contribution in [-0.2, 0) is 38.1 Å². The van der Waals surface area contributed by atoms with Crippen molar-refractivity contribution in [3.63, 3.8) is 0 Å². The molecule has 6 aliphatic carbocycles. The Kier molecular flexibility index (Phi) is 9.10. The molecule has 0 saturated heterocycles. The molecule has 0 aromatic rings. The van der Waals surface area contributed by atoms with Crippen LogP contribution in [0.3, 0.4) is 0 Å². The van der Waals surface area contributed by atoms with Crippen molar-refractivity contribution in [3.05, 3.63) is 6.42 Å². The van der Waals surface area contributed by atoms with E-state index in [1.165, 1.54) is 26.2 Å². The molecule has 251 valence electrons. The highest BCUT2D eigenvalue weighted by Crippen LogP contribution is 2.69. The van der Waals surface area contributed by atoms with Crippen LogP contribution in [0.2, 0.25) is 0 Å². The monoisotopic (exact) mass is 627 g/mol. The van der Waals surface area contributed by atoms with Gasteiger partial charge in [-0.25, -0.2) is 0 Å². The van der Waals surface area contributed by atoms with Gasteiger partial charge in [0.1, 0.15) is 23.9 Å². The van der Waals surface area contributed by atoms with Gasteiger partial charge in [-0.2, -0.15) is 0 Å². The minimum Gasteiger partial charge on any atom is -0.464 e. The van der Waals surface area contributed by atoms with Gasteiger partial charge in [0.25, 0.3) is 12.9 Å². The van der Waals surface area contributed by atoms with Crippen LogP contribution in [0.4, 0.5) is 0 Å². The van der Waals surface area contributed by atoms with Crippen molar-refractivity contribution in [2.45, 2.75) is 142 Å². The molecule has 0 N–H and O–H groups in total. The van der Waals surface area contributed by atoms with E-state index >= 15 is 0 Å². The molecule has 0 amide bonds. The van der Waals surface area contributed by atoms with Crippen LogP contribution in [0.5, 0.6) is 0 Å². The van der Waals surface area contributed by atoms with Gasteiger partial charge in [0.2, 0.25) is 0 Å². The van der Waals surface area contributed by atoms with Crippen LogP contribution >= 0.6 is 0 Å². The fourth-order valence-electron chi connectivity index (χ4n) is 12.4. The highest BCUT2D eigenvalue weighted by Gasteiger charge is 2.67. The van der Waals surface area contributed by atoms with Crippen LogP contribution in [0.15, 0.2) is 0 Å². The lowest BCUT2D eigenvalue weighted by atomic mass is 9.43. The van der Waals surface area contributed by atoms with Crippen LogP contribution in [0, 0.1) is 64.6 Å². The second-order valence-electron chi connectivity index (χ2n) is 16.3. The third-order valence-corrected chi connectivity index (χ3v) is 14.6. The van der Waals surface area contributed by atoms with Crippen molar-refractivity contribution in [1.29, 1.82) is 0 Å². The Morgan fingerprint density at radius 2 is 1.76 bits per heavy atom. The summed E-state index contributed by atoms with van der Waals surface area (Å²) in [5, 5.41) is 0. The normalized spacial score (nSPS) is 47.0. The van der Waals surface area contributed by atoms with E-state index in [4.69, 9.17) is 18.9 Å². The summed E-state index contributed by atoms with van der Waals surface area (Å²) in [6.07, 6.45) is 13.3. The van der Waals surface area contributed by atoms with Gasteiger partial charge in [-0.1, -0.05) is 27.7 Å². The second kappa shape index (κ2) is 12.5. The minimum atomic E-state index is -0.291. The van der Waals surface area contributed by atoms with E-state index in [1.54, 1.807) is 0 Å². The van der Waals surface area contributed by atoms with E-state index in [2.05, 4.69) is 34.1 Å². The maximum Gasteiger partial charge on any atom is 0.306 e. The Bertz CT molecular complexity index is 1140. The van der Waals surface area contributed by atoms with E-state index < -0.39 is 0 Å². The molecule has 1 radical (unpaired) electrons. The highest BCUT2D eigenvalue weighted by molar-refractivity contribution is 5.70. The van der Waals surface area contributed by atoms with E-state index in [0.717, 1.165) is 51.4 Å². The van der Waals surface area contributed by atoms with Gasteiger partial charge in [-0.3, -0.25) is 19.2 Å². The Morgan fingerprint density at radius 1 is 0.978 bits per heavy atom. The van der Waals surface area contributed by atoms with E-state index in [1.807, 2.05) is 0 Å².